The first-order valence-corrected chi connectivity index (χ1v) is 23.8. The highest BCUT2D eigenvalue weighted by atomic mass is 32.2. The van der Waals surface area contributed by atoms with Crippen molar-refractivity contribution < 1.29 is 54.0 Å². The molecule has 0 aliphatic carbocycles. The van der Waals surface area contributed by atoms with Crippen LogP contribution in [0, 0.1) is 23.7 Å². The smallest absolute Gasteiger partial charge is 0.317 e. The second-order valence-corrected chi connectivity index (χ2v) is 18.6. The Morgan fingerprint density at radius 3 is 1.94 bits per heavy atom. The number of rotatable bonds is 29. The second kappa shape index (κ2) is 28.4. The third kappa shape index (κ3) is 20.1. The number of nitrogens with one attached hydrogen (secondary N) is 1. The molecule has 2 aromatic rings. The molecular formula is C47H66N4O11S2. The van der Waals surface area contributed by atoms with Crippen molar-refractivity contribution in [3.05, 3.63) is 71.3 Å². The largest absolute Gasteiger partial charge is 0.481 e. The van der Waals surface area contributed by atoms with Crippen molar-refractivity contribution in [1.29, 1.82) is 0 Å². The number of aliphatic carboxylic acids is 4. The van der Waals surface area contributed by atoms with Crippen LogP contribution in [-0.4, -0.2) is 158 Å². The van der Waals surface area contributed by atoms with Crippen molar-refractivity contribution in [3.8, 4) is 0 Å². The second-order valence-electron chi connectivity index (χ2n) is 17.1. The quantitative estimate of drug-likeness (QED) is 0.0539. The number of thioether (sulfide) groups is 1. The zero-order chi connectivity index (χ0) is 47.2. The monoisotopic (exact) mass is 926 g/mol. The van der Waals surface area contributed by atoms with Crippen molar-refractivity contribution in [2.75, 3.05) is 70.9 Å². The highest BCUT2D eigenvalue weighted by molar-refractivity contribution is 7.98. The summed E-state index contributed by atoms with van der Waals surface area (Å²) >= 11 is 7.47. The summed E-state index contributed by atoms with van der Waals surface area (Å²) in [4.78, 5) is 93.1. The van der Waals surface area contributed by atoms with E-state index in [9.17, 15) is 54.0 Å². The first-order valence-electron chi connectivity index (χ1n) is 22.0. The van der Waals surface area contributed by atoms with Crippen LogP contribution < -0.4 is 5.32 Å². The molecule has 1 aliphatic heterocycles. The molecule has 0 radical (unpaired) electrons. The minimum absolute atomic E-state index is 0.00621. The number of carbonyl (C=O) groups is 7. The van der Waals surface area contributed by atoms with Crippen molar-refractivity contribution in [2.24, 2.45) is 23.7 Å². The van der Waals surface area contributed by atoms with Gasteiger partial charge in [0.25, 0.3) is 5.91 Å². The van der Waals surface area contributed by atoms with Crippen LogP contribution in [0.15, 0.2) is 54.6 Å². The van der Waals surface area contributed by atoms with E-state index in [0.29, 0.717) is 81.7 Å². The Labute approximate surface area is 386 Å². The number of nitrogens with zero attached hydrogens (tertiary/aromatic N) is 3. The molecule has 3 rings (SSSR count). The number of unbranched alkanes of at least 4 members (excludes halogenated alkanes) is 1. The third-order valence-corrected chi connectivity index (χ3v) is 12.7. The number of hydrogen-bond acceptors (Lipinski definition) is 12. The summed E-state index contributed by atoms with van der Waals surface area (Å²) in [5.41, 5.74) is 2.37. The zero-order valence-electron chi connectivity index (χ0n) is 37.3. The highest BCUT2D eigenvalue weighted by Gasteiger charge is 2.32. The van der Waals surface area contributed by atoms with Gasteiger partial charge in [-0.2, -0.15) is 11.8 Å². The van der Waals surface area contributed by atoms with Crippen LogP contribution in [0.2, 0.25) is 0 Å². The molecule has 352 valence electrons. The fraction of sp³-hybridized carbons (Fsp3) is 0.574. The molecule has 0 spiro atoms. The molecule has 4 atom stereocenters. The van der Waals surface area contributed by atoms with Crippen molar-refractivity contribution >= 4 is 70.2 Å². The Kier molecular flexibility index (Phi) is 23.8. The van der Waals surface area contributed by atoms with E-state index in [2.05, 4.69) is 5.32 Å². The van der Waals surface area contributed by atoms with E-state index < -0.39 is 41.6 Å². The molecule has 2 aromatic carbocycles. The molecule has 4 unspecified atom stereocenters. The number of Topliss-reactive ketones (excluding diaryl/α,β-unsaturated/α-hetero) is 2. The van der Waals surface area contributed by atoms with Crippen LogP contribution in [0.4, 0.5) is 0 Å². The number of carbonyl (C=O) groups excluding carboxylic acids is 3. The zero-order valence-corrected chi connectivity index (χ0v) is 39.0. The lowest BCUT2D eigenvalue weighted by molar-refractivity contribution is -0.145. The molecule has 15 nitrogen and oxygen atoms in total. The van der Waals surface area contributed by atoms with Gasteiger partial charge < -0.3 is 25.7 Å². The number of ketones is 2. The van der Waals surface area contributed by atoms with Gasteiger partial charge in [0.05, 0.1) is 25.6 Å². The standard InChI is InChI=1S/C47H66N4O11S2/c1-32(2)40(42(53)26-37(47(61)62)11-7-8-17-48-46(60)35-9-5-4-6-10-35)27-41(52)36(16-22-64-3)25-39(63)24-34-14-12-33(13-15-34)23-38-28-50(30-44(56)57)19-18-49(29-43(54)55)20-21-51(38)31-45(58)59/h4-6,9-10,12-15,32,36-38,40H,7-8,11,16-31H2,1-3H3,(H,48,60)(H,54,55)(H,56,57)(H,58,59)(H,61,62). The van der Waals surface area contributed by atoms with Gasteiger partial charge >= 0.3 is 23.9 Å². The first-order chi connectivity index (χ1) is 30.4. The number of hydrogen-bond donors (Lipinski definition) is 5. The maximum Gasteiger partial charge on any atom is 0.317 e. The van der Waals surface area contributed by atoms with Gasteiger partial charge in [-0.25, -0.2) is 0 Å². The molecule has 1 heterocycles. The molecule has 1 saturated heterocycles. The van der Waals surface area contributed by atoms with Crippen molar-refractivity contribution in [2.45, 2.75) is 77.7 Å². The van der Waals surface area contributed by atoms with Crippen LogP contribution >= 0.6 is 24.0 Å². The minimum atomic E-state index is -1.06. The molecule has 1 aliphatic rings. The molecule has 17 heteroatoms. The van der Waals surface area contributed by atoms with Crippen LogP contribution in [0.25, 0.3) is 0 Å². The Hall–Kier alpha value is -4.55. The van der Waals surface area contributed by atoms with Crippen LogP contribution in [0.5, 0.6) is 0 Å². The summed E-state index contributed by atoms with van der Waals surface area (Å²) in [6, 6.07) is 16.2. The van der Waals surface area contributed by atoms with Crippen LogP contribution in [0.1, 0.15) is 80.3 Å². The number of benzene rings is 2. The predicted molar refractivity (Wildman–Crippen MR) is 250 cm³/mol. The topological polar surface area (TPSA) is 222 Å². The van der Waals surface area contributed by atoms with Gasteiger partial charge in [-0.1, -0.05) is 75.0 Å². The number of carboxylic acids is 4. The molecule has 1 fully saturated rings. The molecule has 0 saturated carbocycles. The van der Waals surface area contributed by atoms with Gasteiger partial charge in [0.1, 0.15) is 11.6 Å². The van der Waals surface area contributed by atoms with Crippen molar-refractivity contribution in [3.63, 3.8) is 0 Å². The van der Waals surface area contributed by atoms with Gasteiger partial charge in [0.15, 0.2) is 0 Å². The van der Waals surface area contributed by atoms with Gasteiger partial charge in [-0.3, -0.25) is 48.3 Å². The summed E-state index contributed by atoms with van der Waals surface area (Å²) in [6.07, 6.45) is 4.94. The third-order valence-electron chi connectivity index (χ3n) is 11.7. The van der Waals surface area contributed by atoms with E-state index in [4.69, 9.17) is 12.2 Å². The maximum absolute atomic E-state index is 13.9. The van der Waals surface area contributed by atoms with E-state index in [1.165, 1.54) is 0 Å². The molecule has 0 aromatic heterocycles. The normalized spacial score (nSPS) is 16.7. The van der Waals surface area contributed by atoms with E-state index >= 15 is 0 Å². The molecule has 1 amide bonds. The van der Waals surface area contributed by atoms with Crippen LogP contribution in [0.3, 0.4) is 0 Å². The summed E-state index contributed by atoms with van der Waals surface area (Å²) in [7, 11) is 0. The van der Waals surface area contributed by atoms with E-state index in [1.807, 2.05) is 50.4 Å². The number of thiocarbonyl (C=S) groups is 1. The minimum Gasteiger partial charge on any atom is -0.481 e. The van der Waals surface area contributed by atoms with E-state index in [1.54, 1.807) is 50.7 Å². The first kappa shape index (κ1) is 53.8. The molecule has 5 N–H and O–H groups in total. The van der Waals surface area contributed by atoms with Crippen LogP contribution in [-0.2, 0) is 41.6 Å². The fourth-order valence-corrected chi connectivity index (χ4v) is 9.00. The highest BCUT2D eigenvalue weighted by Crippen LogP contribution is 2.27. The van der Waals surface area contributed by atoms with Gasteiger partial charge in [0, 0.05) is 82.0 Å². The van der Waals surface area contributed by atoms with E-state index in [-0.39, 0.29) is 74.9 Å². The lowest BCUT2D eigenvalue weighted by atomic mass is 9.79. The summed E-state index contributed by atoms with van der Waals surface area (Å²) in [6.45, 7) is 4.86. The molecular weight excluding hydrogens is 861 g/mol. The van der Waals surface area contributed by atoms with Gasteiger partial charge in [-0.15, -0.1) is 0 Å². The Bertz CT molecular complexity index is 1860. The summed E-state index contributed by atoms with van der Waals surface area (Å²) < 4.78 is 0. The fourth-order valence-electron chi connectivity index (χ4n) is 8.11. The summed E-state index contributed by atoms with van der Waals surface area (Å²) in [5.74, 6) is -6.05. The van der Waals surface area contributed by atoms with Gasteiger partial charge in [-0.05, 0) is 78.2 Å². The average molecular weight is 927 g/mol. The Morgan fingerprint density at radius 2 is 1.33 bits per heavy atom. The SMILES string of the molecule is CSCCC(CC(=S)Cc1ccc(CC2CN(CC(=O)O)CCN(CC(=O)O)CCN2CC(=O)O)cc1)C(=O)CC(C(=O)CC(CCCCNC(=O)c1ccccc1)C(=O)O)C(C)C. The lowest BCUT2D eigenvalue weighted by Crippen LogP contribution is -2.49. The maximum atomic E-state index is 13.9. The Morgan fingerprint density at radius 1 is 0.719 bits per heavy atom. The number of carboxylic acid groups (broad SMARTS) is 4. The molecule has 64 heavy (non-hydrogen) atoms. The molecule has 0 bridgehead atoms. The lowest BCUT2D eigenvalue weighted by Gasteiger charge is -2.33. The summed E-state index contributed by atoms with van der Waals surface area (Å²) in [5, 5.41) is 41.6. The van der Waals surface area contributed by atoms with Gasteiger partial charge in [0.2, 0.25) is 0 Å². The average Bonchev–Trinajstić information content (AvgIpc) is 3.30. The Balaban J connectivity index is 1.62. The predicted octanol–water partition coefficient (Wildman–Crippen LogP) is 4.93. The van der Waals surface area contributed by atoms with E-state index in [0.717, 1.165) is 16.9 Å². The number of amides is 1. The van der Waals surface area contributed by atoms with Crippen molar-refractivity contribution in [1.82, 2.24) is 20.0 Å².